The molecule has 8 heteroatoms. The molecule has 0 aliphatic carbocycles. The second-order valence-electron chi connectivity index (χ2n) is 6.93. The molecule has 3 aromatic rings. The zero-order valence-corrected chi connectivity index (χ0v) is 16.6. The van der Waals surface area contributed by atoms with E-state index in [4.69, 9.17) is 0 Å². The highest BCUT2D eigenvalue weighted by atomic mass is 16.2. The Morgan fingerprint density at radius 1 is 1.14 bits per heavy atom. The number of anilines is 2. The van der Waals surface area contributed by atoms with Crippen LogP contribution >= 0.6 is 0 Å². The van der Waals surface area contributed by atoms with Crippen LogP contribution in [0.1, 0.15) is 45.7 Å². The summed E-state index contributed by atoms with van der Waals surface area (Å²) in [7, 11) is 1.59. The number of hydrogen-bond donors (Lipinski definition) is 3. The summed E-state index contributed by atoms with van der Waals surface area (Å²) in [5.74, 6) is 0.247. The van der Waals surface area contributed by atoms with E-state index in [9.17, 15) is 9.59 Å². The Morgan fingerprint density at radius 2 is 1.89 bits per heavy atom. The minimum atomic E-state index is -0.183. The van der Waals surface area contributed by atoms with Crippen LogP contribution in [-0.2, 0) is 0 Å². The molecular weight excluding hydrogens is 356 g/mol. The summed E-state index contributed by atoms with van der Waals surface area (Å²) in [6, 6.07) is 5.53. The van der Waals surface area contributed by atoms with Crippen molar-refractivity contribution in [3.8, 4) is 0 Å². The van der Waals surface area contributed by atoms with E-state index in [0.29, 0.717) is 22.5 Å². The monoisotopic (exact) mass is 380 g/mol. The number of rotatable bonds is 5. The molecule has 0 aliphatic heterocycles. The molecule has 28 heavy (non-hydrogen) atoms. The highest BCUT2D eigenvalue weighted by Crippen LogP contribution is 2.27. The Kier molecular flexibility index (Phi) is 5.30. The first-order valence-electron chi connectivity index (χ1n) is 9.05. The first kappa shape index (κ1) is 19.3. The third kappa shape index (κ3) is 3.66. The molecular formula is C20H24N6O2. The van der Waals surface area contributed by atoms with Crippen LogP contribution in [0.5, 0.6) is 0 Å². The van der Waals surface area contributed by atoms with Gasteiger partial charge in [-0.25, -0.2) is 9.50 Å². The molecule has 146 valence electrons. The first-order chi connectivity index (χ1) is 13.3. The molecule has 0 spiro atoms. The van der Waals surface area contributed by atoms with Gasteiger partial charge in [-0.3, -0.25) is 9.59 Å². The van der Waals surface area contributed by atoms with Crippen LogP contribution in [0.3, 0.4) is 0 Å². The van der Waals surface area contributed by atoms with Crippen molar-refractivity contribution in [3.05, 3.63) is 53.0 Å². The molecule has 3 rings (SSSR count). The average molecular weight is 380 g/mol. The molecule has 0 radical (unpaired) electrons. The van der Waals surface area contributed by atoms with Gasteiger partial charge in [-0.1, -0.05) is 6.07 Å². The molecule has 8 nitrogen and oxygen atoms in total. The molecule has 0 unspecified atom stereocenters. The molecule has 2 aromatic heterocycles. The fourth-order valence-corrected chi connectivity index (χ4v) is 2.99. The highest BCUT2D eigenvalue weighted by Gasteiger charge is 2.18. The molecule has 0 aliphatic rings. The summed E-state index contributed by atoms with van der Waals surface area (Å²) in [4.78, 5) is 28.8. The highest BCUT2D eigenvalue weighted by molar-refractivity contribution is 5.99. The zero-order chi connectivity index (χ0) is 20.4. The van der Waals surface area contributed by atoms with Crippen molar-refractivity contribution in [2.75, 3.05) is 12.4 Å². The van der Waals surface area contributed by atoms with Crippen molar-refractivity contribution >= 4 is 28.8 Å². The van der Waals surface area contributed by atoms with E-state index < -0.39 is 0 Å². The Bertz CT molecular complexity index is 1050. The van der Waals surface area contributed by atoms with E-state index in [0.717, 1.165) is 16.8 Å². The molecule has 0 saturated carbocycles. The van der Waals surface area contributed by atoms with E-state index in [1.807, 2.05) is 33.8 Å². The molecule has 2 heterocycles. The fourth-order valence-electron chi connectivity index (χ4n) is 2.99. The summed E-state index contributed by atoms with van der Waals surface area (Å²) in [5.41, 5.74) is 4.30. The van der Waals surface area contributed by atoms with Gasteiger partial charge in [0.2, 0.25) is 0 Å². The van der Waals surface area contributed by atoms with Crippen LogP contribution < -0.4 is 16.0 Å². The fraction of sp³-hybridized carbons (Fsp3) is 0.300. The quantitative estimate of drug-likeness (QED) is 0.632. The maximum atomic E-state index is 12.3. The lowest BCUT2D eigenvalue weighted by atomic mass is 10.1. The third-order valence-electron chi connectivity index (χ3n) is 4.47. The van der Waals surface area contributed by atoms with Gasteiger partial charge in [-0.2, -0.15) is 5.10 Å². The number of carbonyl (C=O) groups excluding carboxylic acids is 2. The molecule has 0 fully saturated rings. The van der Waals surface area contributed by atoms with Gasteiger partial charge < -0.3 is 16.0 Å². The number of carbonyl (C=O) groups is 2. The SMILES string of the molecule is CNC(=O)c1cn2ncnc(Nc3cc(C(=O)NC(C)C)ccc3C)c2c1C. The summed E-state index contributed by atoms with van der Waals surface area (Å²) >= 11 is 0. The Labute approximate surface area is 163 Å². The predicted molar refractivity (Wildman–Crippen MR) is 108 cm³/mol. The van der Waals surface area contributed by atoms with Crippen LogP contribution in [-0.4, -0.2) is 39.5 Å². The van der Waals surface area contributed by atoms with E-state index in [2.05, 4.69) is 26.0 Å². The van der Waals surface area contributed by atoms with E-state index in [1.165, 1.54) is 6.33 Å². The maximum absolute atomic E-state index is 12.3. The smallest absolute Gasteiger partial charge is 0.252 e. The van der Waals surface area contributed by atoms with Crippen LogP contribution in [0, 0.1) is 13.8 Å². The van der Waals surface area contributed by atoms with E-state index >= 15 is 0 Å². The van der Waals surface area contributed by atoms with Crippen LogP contribution in [0.15, 0.2) is 30.7 Å². The van der Waals surface area contributed by atoms with Crippen molar-refractivity contribution in [2.45, 2.75) is 33.7 Å². The van der Waals surface area contributed by atoms with Crippen LogP contribution in [0.4, 0.5) is 11.5 Å². The van der Waals surface area contributed by atoms with Gasteiger partial charge in [-0.05, 0) is 51.0 Å². The Hall–Kier alpha value is -3.42. The van der Waals surface area contributed by atoms with Crippen molar-refractivity contribution < 1.29 is 9.59 Å². The number of amides is 2. The Balaban J connectivity index is 2.02. The molecule has 0 bridgehead atoms. The zero-order valence-electron chi connectivity index (χ0n) is 16.6. The number of aryl methyl sites for hydroxylation is 2. The van der Waals surface area contributed by atoms with Gasteiger partial charge in [0.05, 0.1) is 5.56 Å². The van der Waals surface area contributed by atoms with E-state index in [-0.39, 0.29) is 17.9 Å². The largest absolute Gasteiger partial charge is 0.355 e. The van der Waals surface area contributed by atoms with Gasteiger partial charge in [-0.15, -0.1) is 0 Å². The van der Waals surface area contributed by atoms with Crippen molar-refractivity contribution in [2.24, 2.45) is 0 Å². The van der Waals surface area contributed by atoms with Gasteiger partial charge in [0.15, 0.2) is 5.82 Å². The van der Waals surface area contributed by atoms with Crippen molar-refractivity contribution in [3.63, 3.8) is 0 Å². The summed E-state index contributed by atoms with van der Waals surface area (Å²) in [6.45, 7) is 7.64. The second kappa shape index (κ2) is 7.67. The van der Waals surface area contributed by atoms with Crippen molar-refractivity contribution in [1.82, 2.24) is 25.2 Å². The lowest BCUT2D eigenvalue weighted by molar-refractivity contribution is 0.0940. The molecule has 0 atom stereocenters. The predicted octanol–water partition coefficient (Wildman–Crippen LogP) is 2.59. The molecule has 2 amide bonds. The standard InChI is InChI=1S/C20H24N6O2/c1-11(2)24-19(27)14-7-6-12(3)16(8-14)25-18-17-13(4)15(20(28)21-5)9-26(17)23-10-22-18/h6-11H,1-5H3,(H,21,28)(H,24,27)(H,22,23,25). The minimum Gasteiger partial charge on any atom is -0.355 e. The summed E-state index contributed by atoms with van der Waals surface area (Å²) in [5, 5.41) is 13.0. The third-order valence-corrected chi connectivity index (χ3v) is 4.47. The number of nitrogens with zero attached hydrogens (tertiary/aromatic N) is 3. The number of fused-ring (bicyclic) bond motifs is 1. The lowest BCUT2D eigenvalue weighted by Gasteiger charge is -2.13. The summed E-state index contributed by atoms with van der Waals surface area (Å²) < 4.78 is 1.62. The molecule has 0 saturated heterocycles. The number of aromatic nitrogens is 3. The van der Waals surface area contributed by atoms with Crippen LogP contribution in [0.2, 0.25) is 0 Å². The van der Waals surface area contributed by atoms with Crippen LogP contribution in [0.25, 0.3) is 5.52 Å². The topological polar surface area (TPSA) is 100 Å². The van der Waals surface area contributed by atoms with Gasteiger partial charge in [0.1, 0.15) is 11.8 Å². The van der Waals surface area contributed by atoms with E-state index in [1.54, 1.807) is 29.9 Å². The number of nitrogens with one attached hydrogen (secondary N) is 3. The van der Waals surface area contributed by atoms with Crippen molar-refractivity contribution in [1.29, 1.82) is 0 Å². The van der Waals surface area contributed by atoms with Gasteiger partial charge >= 0.3 is 0 Å². The number of benzene rings is 1. The minimum absolute atomic E-state index is 0.0539. The second-order valence-corrected chi connectivity index (χ2v) is 6.93. The normalized spacial score (nSPS) is 10.9. The first-order valence-corrected chi connectivity index (χ1v) is 9.05. The van der Waals surface area contributed by atoms with Gasteiger partial charge in [0, 0.05) is 30.5 Å². The maximum Gasteiger partial charge on any atom is 0.252 e. The number of hydrogen-bond acceptors (Lipinski definition) is 5. The van der Waals surface area contributed by atoms with Gasteiger partial charge in [0.25, 0.3) is 11.8 Å². The lowest BCUT2D eigenvalue weighted by Crippen LogP contribution is -2.30. The molecule has 3 N–H and O–H groups in total. The summed E-state index contributed by atoms with van der Waals surface area (Å²) in [6.07, 6.45) is 3.10. The molecule has 1 aromatic carbocycles. The Morgan fingerprint density at radius 3 is 2.57 bits per heavy atom. The average Bonchev–Trinajstić information content (AvgIpc) is 3.00.